The molecule has 3 nitrogen and oxygen atoms in total. The van der Waals surface area contributed by atoms with E-state index in [0.717, 1.165) is 4.88 Å². The molecule has 0 saturated carbocycles. The van der Waals surface area contributed by atoms with Crippen LogP contribution in [0.25, 0.3) is 0 Å². The highest BCUT2D eigenvalue weighted by Crippen LogP contribution is 2.24. The fourth-order valence-corrected chi connectivity index (χ4v) is 2.63. The minimum absolute atomic E-state index is 0.00743. The molecule has 20 heavy (non-hydrogen) atoms. The first-order chi connectivity index (χ1) is 9.42. The van der Waals surface area contributed by atoms with Gasteiger partial charge in [-0.25, -0.2) is 4.39 Å². The molecule has 0 aliphatic carbocycles. The van der Waals surface area contributed by atoms with Gasteiger partial charge in [0.25, 0.3) is 5.91 Å². The van der Waals surface area contributed by atoms with Crippen LogP contribution in [-0.4, -0.2) is 17.6 Å². The molecule has 106 valence electrons. The number of hydrogen-bond acceptors (Lipinski definition) is 3. The summed E-state index contributed by atoms with van der Waals surface area (Å²) in [6, 6.07) is 8.29. The van der Waals surface area contributed by atoms with E-state index in [1.165, 1.54) is 17.4 Å². The Balaban J connectivity index is 2.08. The van der Waals surface area contributed by atoms with Crippen molar-refractivity contribution >= 4 is 17.2 Å². The summed E-state index contributed by atoms with van der Waals surface area (Å²) in [5, 5.41) is 14.7. The zero-order valence-electron chi connectivity index (χ0n) is 11.3. The summed E-state index contributed by atoms with van der Waals surface area (Å²) in [6.07, 6.45) is 0. The van der Waals surface area contributed by atoms with Crippen LogP contribution >= 0.6 is 11.3 Å². The maximum absolute atomic E-state index is 13.8. The third kappa shape index (κ3) is 3.05. The summed E-state index contributed by atoms with van der Waals surface area (Å²) in [4.78, 5) is 12.7. The first-order valence-corrected chi connectivity index (χ1v) is 7.09. The van der Waals surface area contributed by atoms with E-state index in [9.17, 15) is 14.3 Å². The number of carbonyl (C=O) groups excluding carboxylic acids is 1. The van der Waals surface area contributed by atoms with Crippen molar-refractivity contribution < 1.29 is 14.3 Å². The van der Waals surface area contributed by atoms with Crippen LogP contribution in [0.15, 0.2) is 35.7 Å². The number of nitrogens with one attached hydrogen (secondary N) is 1. The Kier molecular flexibility index (Phi) is 4.20. The number of amides is 1. The molecule has 0 aliphatic heterocycles. The number of benzene rings is 1. The lowest BCUT2D eigenvalue weighted by molar-refractivity contribution is 0.0555. The van der Waals surface area contributed by atoms with Crippen molar-refractivity contribution in [2.24, 2.45) is 0 Å². The van der Waals surface area contributed by atoms with Gasteiger partial charge in [-0.2, -0.15) is 0 Å². The molecule has 1 atom stereocenters. The van der Waals surface area contributed by atoms with Gasteiger partial charge in [0.1, 0.15) is 11.4 Å². The Morgan fingerprint density at radius 1 is 1.40 bits per heavy atom. The van der Waals surface area contributed by atoms with Crippen molar-refractivity contribution in [3.8, 4) is 0 Å². The second-order valence-electron chi connectivity index (χ2n) is 4.87. The topological polar surface area (TPSA) is 49.3 Å². The zero-order chi connectivity index (χ0) is 14.8. The minimum atomic E-state index is -1.16. The van der Waals surface area contributed by atoms with Gasteiger partial charge in [0.15, 0.2) is 0 Å². The number of halogens is 1. The summed E-state index contributed by atoms with van der Waals surface area (Å²) in [5.74, 6) is -1.05. The summed E-state index contributed by atoms with van der Waals surface area (Å²) >= 11 is 1.41. The number of carbonyl (C=O) groups is 1. The van der Waals surface area contributed by atoms with Gasteiger partial charge in [-0.15, -0.1) is 11.3 Å². The lowest BCUT2D eigenvalue weighted by Crippen LogP contribution is -2.38. The molecule has 1 amide bonds. The van der Waals surface area contributed by atoms with Crippen molar-refractivity contribution in [3.63, 3.8) is 0 Å². The lowest BCUT2D eigenvalue weighted by atomic mass is 10.0. The smallest absolute Gasteiger partial charge is 0.254 e. The van der Waals surface area contributed by atoms with Crippen molar-refractivity contribution in [3.05, 3.63) is 57.5 Å². The number of hydrogen-bond donors (Lipinski definition) is 2. The average Bonchev–Trinajstić information content (AvgIpc) is 2.94. The van der Waals surface area contributed by atoms with E-state index in [1.54, 1.807) is 32.0 Å². The molecule has 2 rings (SSSR count). The van der Waals surface area contributed by atoms with Crippen LogP contribution < -0.4 is 5.32 Å². The average molecular weight is 293 g/mol. The van der Waals surface area contributed by atoms with Crippen LogP contribution in [-0.2, 0) is 5.60 Å². The van der Waals surface area contributed by atoms with Crippen molar-refractivity contribution in [2.45, 2.75) is 19.4 Å². The Bertz CT molecular complexity index is 608. The quantitative estimate of drug-likeness (QED) is 0.910. The molecule has 0 fully saturated rings. The first kappa shape index (κ1) is 14.7. The van der Waals surface area contributed by atoms with Crippen LogP contribution in [0.4, 0.5) is 4.39 Å². The zero-order valence-corrected chi connectivity index (χ0v) is 12.1. The van der Waals surface area contributed by atoms with E-state index in [2.05, 4.69) is 5.32 Å². The molecule has 0 radical (unpaired) electrons. The summed E-state index contributed by atoms with van der Waals surface area (Å²) in [5.41, 5.74) is -0.751. The van der Waals surface area contributed by atoms with Crippen molar-refractivity contribution in [2.75, 3.05) is 6.54 Å². The number of aliphatic hydroxyl groups is 1. The van der Waals surface area contributed by atoms with E-state index in [1.807, 2.05) is 11.4 Å². The molecular formula is C15H16FNO2S. The predicted molar refractivity (Wildman–Crippen MR) is 77.4 cm³/mol. The number of aryl methyl sites for hydroxylation is 1. The fraction of sp³-hybridized carbons (Fsp3) is 0.267. The van der Waals surface area contributed by atoms with Crippen LogP contribution in [0, 0.1) is 12.7 Å². The van der Waals surface area contributed by atoms with E-state index >= 15 is 0 Å². The Labute approximate surface area is 121 Å². The molecule has 0 spiro atoms. The van der Waals surface area contributed by atoms with Crippen molar-refractivity contribution in [1.82, 2.24) is 5.32 Å². The second kappa shape index (κ2) is 5.73. The van der Waals surface area contributed by atoms with Crippen LogP contribution in [0.5, 0.6) is 0 Å². The van der Waals surface area contributed by atoms with E-state index in [0.29, 0.717) is 5.56 Å². The maximum Gasteiger partial charge on any atom is 0.254 e. The third-order valence-corrected chi connectivity index (χ3v) is 4.20. The van der Waals surface area contributed by atoms with Gasteiger partial charge in [-0.1, -0.05) is 18.2 Å². The number of rotatable bonds is 4. The Hall–Kier alpha value is -1.72. The molecule has 0 saturated heterocycles. The van der Waals surface area contributed by atoms with Gasteiger partial charge in [-0.3, -0.25) is 4.79 Å². The molecular weight excluding hydrogens is 277 g/mol. The minimum Gasteiger partial charge on any atom is -0.383 e. The molecule has 1 aromatic heterocycles. The molecule has 0 aliphatic rings. The summed E-state index contributed by atoms with van der Waals surface area (Å²) < 4.78 is 13.8. The van der Waals surface area contributed by atoms with Gasteiger partial charge in [0, 0.05) is 4.88 Å². The molecule has 0 bridgehead atoms. The largest absolute Gasteiger partial charge is 0.383 e. The molecule has 2 aromatic rings. The SMILES string of the molecule is Cc1cccc(C(=O)NCC(C)(O)c2cccs2)c1F. The second-order valence-corrected chi connectivity index (χ2v) is 5.82. The van der Waals surface area contributed by atoms with Gasteiger partial charge < -0.3 is 10.4 Å². The van der Waals surface area contributed by atoms with E-state index < -0.39 is 17.3 Å². The lowest BCUT2D eigenvalue weighted by Gasteiger charge is -2.22. The molecule has 5 heteroatoms. The van der Waals surface area contributed by atoms with Crippen LogP contribution in [0.2, 0.25) is 0 Å². The fourth-order valence-electron chi connectivity index (χ4n) is 1.84. The molecule has 1 unspecified atom stereocenters. The number of thiophene rings is 1. The highest BCUT2D eigenvalue weighted by Gasteiger charge is 2.25. The molecule has 2 N–H and O–H groups in total. The molecule has 1 aromatic carbocycles. The van der Waals surface area contributed by atoms with Gasteiger partial charge >= 0.3 is 0 Å². The normalized spacial score (nSPS) is 13.8. The predicted octanol–water partition coefficient (Wildman–Crippen LogP) is 2.83. The van der Waals surface area contributed by atoms with Crippen LogP contribution in [0.1, 0.15) is 27.7 Å². The van der Waals surface area contributed by atoms with E-state index in [4.69, 9.17) is 0 Å². The first-order valence-electron chi connectivity index (χ1n) is 6.21. The highest BCUT2D eigenvalue weighted by atomic mass is 32.1. The standard InChI is InChI=1S/C15H16FNO2S/c1-10-5-3-6-11(13(10)16)14(18)17-9-15(2,19)12-7-4-8-20-12/h3-8,19H,9H2,1-2H3,(H,17,18). The summed E-state index contributed by atoms with van der Waals surface area (Å²) in [6.45, 7) is 3.25. The highest BCUT2D eigenvalue weighted by molar-refractivity contribution is 7.10. The Morgan fingerprint density at radius 3 is 2.80 bits per heavy atom. The maximum atomic E-state index is 13.8. The van der Waals surface area contributed by atoms with Crippen molar-refractivity contribution in [1.29, 1.82) is 0 Å². The van der Waals surface area contributed by atoms with Gasteiger partial charge in [0.05, 0.1) is 12.1 Å². The van der Waals surface area contributed by atoms with E-state index in [-0.39, 0.29) is 12.1 Å². The molecule has 1 heterocycles. The monoisotopic (exact) mass is 293 g/mol. The van der Waals surface area contributed by atoms with Gasteiger partial charge in [-0.05, 0) is 36.9 Å². The third-order valence-electron chi connectivity index (χ3n) is 3.08. The summed E-state index contributed by atoms with van der Waals surface area (Å²) in [7, 11) is 0. The van der Waals surface area contributed by atoms with Crippen LogP contribution in [0.3, 0.4) is 0 Å². The Morgan fingerprint density at radius 2 is 2.15 bits per heavy atom. The van der Waals surface area contributed by atoms with Gasteiger partial charge in [0.2, 0.25) is 0 Å².